The van der Waals surface area contributed by atoms with Gasteiger partial charge in [0, 0.05) is 22.3 Å². The molecule has 0 aliphatic carbocycles. The first-order chi connectivity index (χ1) is 11.0. The van der Waals surface area contributed by atoms with E-state index >= 15 is 0 Å². The highest BCUT2D eigenvalue weighted by Crippen LogP contribution is 2.24. The van der Waals surface area contributed by atoms with Crippen molar-refractivity contribution in [1.82, 2.24) is 14.8 Å². The van der Waals surface area contributed by atoms with E-state index in [1.165, 1.54) is 6.08 Å². The Balaban J connectivity index is 2.05. The van der Waals surface area contributed by atoms with Crippen molar-refractivity contribution in [1.29, 1.82) is 0 Å². The van der Waals surface area contributed by atoms with Crippen LogP contribution in [0.1, 0.15) is 11.3 Å². The number of aliphatic carboxylic acids is 1. The lowest BCUT2D eigenvalue weighted by Gasteiger charge is -2.06. The molecule has 7 heteroatoms. The van der Waals surface area contributed by atoms with Crippen LogP contribution in [0, 0.1) is 0 Å². The molecule has 0 saturated carbocycles. The average molecular weight is 348 g/mol. The number of aromatic nitrogens is 3. The highest BCUT2D eigenvalue weighted by Gasteiger charge is 2.11. The first kappa shape index (κ1) is 15.5. The summed E-state index contributed by atoms with van der Waals surface area (Å²) in [5.41, 5.74) is 2.78. The fraction of sp³-hybridized carbons (Fsp3) is 0.0625. The van der Waals surface area contributed by atoms with Crippen LogP contribution in [0.2, 0.25) is 10.0 Å². The van der Waals surface area contributed by atoms with Gasteiger partial charge in [-0.2, -0.15) is 5.10 Å². The lowest BCUT2D eigenvalue weighted by molar-refractivity contribution is -0.131. The molecule has 0 radical (unpaired) electrons. The zero-order valence-electron chi connectivity index (χ0n) is 11.8. The molecule has 0 saturated heterocycles. The summed E-state index contributed by atoms with van der Waals surface area (Å²) >= 11 is 12.1. The van der Waals surface area contributed by atoms with Crippen molar-refractivity contribution in [3.05, 3.63) is 63.9 Å². The molecule has 3 aromatic rings. The van der Waals surface area contributed by atoms with E-state index in [0.717, 1.165) is 17.2 Å². The van der Waals surface area contributed by atoms with Crippen LogP contribution in [0.4, 0.5) is 0 Å². The summed E-state index contributed by atoms with van der Waals surface area (Å²) in [7, 11) is 0. The van der Waals surface area contributed by atoms with Crippen molar-refractivity contribution in [3.63, 3.8) is 0 Å². The minimum absolute atomic E-state index is 0.430. The summed E-state index contributed by atoms with van der Waals surface area (Å²) in [6, 6.07) is 8.94. The third-order valence-corrected chi connectivity index (χ3v) is 3.84. The molecule has 1 aromatic carbocycles. The van der Waals surface area contributed by atoms with E-state index in [-0.39, 0.29) is 0 Å². The molecule has 1 N–H and O–H groups in total. The Labute approximate surface area is 141 Å². The maximum Gasteiger partial charge on any atom is 0.328 e. The maximum atomic E-state index is 10.7. The Hall–Kier alpha value is -2.37. The quantitative estimate of drug-likeness (QED) is 0.727. The molecule has 0 spiro atoms. The molecule has 3 rings (SSSR count). The Morgan fingerprint density at radius 3 is 2.87 bits per heavy atom. The van der Waals surface area contributed by atoms with Gasteiger partial charge in [0.05, 0.1) is 12.1 Å². The summed E-state index contributed by atoms with van der Waals surface area (Å²) in [6.45, 7) is 0.430. The van der Waals surface area contributed by atoms with E-state index in [9.17, 15) is 4.79 Å². The number of carboxylic acid groups (broad SMARTS) is 1. The van der Waals surface area contributed by atoms with Crippen LogP contribution in [0.25, 0.3) is 17.1 Å². The molecule has 0 atom stereocenters. The molecule has 0 unspecified atom stereocenters. The molecule has 5 nitrogen and oxygen atoms in total. The van der Waals surface area contributed by atoms with Gasteiger partial charge in [0.25, 0.3) is 0 Å². The van der Waals surface area contributed by atoms with Crippen molar-refractivity contribution in [2.45, 2.75) is 6.54 Å². The minimum Gasteiger partial charge on any atom is -0.478 e. The molecule has 2 aromatic heterocycles. The first-order valence-corrected chi connectivity index (χ1v) is 7.46. The Kier molecular flexibility index (Phi) is 4.32. The summed E-state index contributed by atoms with van der Waals surface area (Å²) < 4.78 is 1.74. The van der Waals surface area contributed by atoms with Gasteiger partial charge in [0.15, 0.2) is 0 Å². The average Bonchev–Trinajstić information content (AvgIpc) is 2.86. The molecule has 23 heavy (non-hydrogen) atoms. The monoisotopic (exact) mass is 347 g/mol. The zero-order valence-corrected chi connectivity index (χ0v) is 13.3. The Morgan fingerprint density at radius 2 is 2.13 bits per heavy atom. The van der Waals surface area contributed by atoms with E-state index < -0.39 is 5.97 Å². The summed E-state index contributed by atoms with van der Waals surface area (Å²) in [6.07, 6.45) is 4.11. The molecule has 2 heterocycles. The second-order valence-corrected chi connectivity index (χ2v) is 5.66. The molecular weight excluding hydrogens is 337 g/mol. The zero-order chi connectivity index (χ0) is 16.4. The van der Waals surface area contributed by atoms with E-state index in [0.29, 0.717) is 27.8 Å². The fourth-order valence-corrected chi connectivity index (χ4v) is 2.70. The third-order valence-electron chi connectivity index (χ3n) is 3.25. The topological polar surface area (TPSA) is 68.0 Å². The van der Waals surface area contributed by atoms with Crippen LogP contribution >= 0.6 is 23.2 Å². The smallest absolute Gasteiger partial charge is 0.328 e. The third kappa shape index (κ3) is 3.36. The highest BCUT2D eigenvalue weighted by atomic mass is 35.5. The van der Waals surface area contributed by atoms with Gasteiger partial charge < -0.3 is 5.11 Å². The second-order valence-electron chi connectivity index (χ2n) is 4.82. The lowest BCUT2D eigenvalue weighted by atomic mass is 10.2. The number of nitrogens with zero attached hydrogens (tertiary/aromatic N) is 3. The molecule has 0 bridgehead atoms. The number of carbonyl (C=O) groups is 1. The van der Waals surface area contributed by atoms with E-state index in [4.69, 9.17) is 28.3 Å². The van der Waals surface area contributed by atoms with Crippen LogP contribution in [0.5, 0.6) is 0 Å². The number of hydrogen-bond donors (Lipinski definition) is 1. The molecule has 0 fully saturated rings. The van der Waals surface area contributed by atoms with Gasteiger partial charge in [-0.1, -0.05) is 29.3 Å². The van der Waals surface area contributed by atoms with Crippen LogP contribution in [-0.4, -0.2) is 25.8 Å². The van der Waals surface area contributed by atoms with E-state index in [1.54, 1.807) is 29.1 Å². The minimum atomic E-state index is -1.04. The van der Waals surface area contributed by atoms with Crippen molar-refractivity contribution in [2.24, 2.45) is 0 Å². The SMILES string of the molecule is O=C(O)C=Cc1nn(Cc2ccc(Cl)cc2Cl)c2cccnc12. The van der Waals surface area contributed by atoms with Gasteiger partial charge in [0.2, 0.25) is 0 Å². The number of halogens is 2. The van der Waals surface area contributed by atoms with Gasteiger partial charge in [-0.3, -0.25) is 9.67 Å². The molecule has 116 valence electrons. The van der Waals surface area contributed by atoms with Gasteiger partial charge in [-0.15, -0.1) is 0 Å². The van der Waals surface area contributed by atoms with Gasteiger partial charge >= 0.3 is 5.97 Å². The molecular formula is C16H11Cl2N3O2. The summed E-state index contributed by atoms with van der Waals surface area (Å²) in [5, 5.41) is 14.3. The van der Waals surface area contributed by atoms with Crippen molar-refractivity contribution in [3.8, 4) is 0 Å². The van der Waals surface area contributed by atoms with E-state index in [2.05, 4.69) is 10.1 Å². The summed E-state index contributed by atoms with van der Waals surface area (Å²) in [4.78, 5) is 15.0. The predicted octanol–water partition coefficient (Wildman–Crippen LogP) is 3.88. The number of pyridine rings is 1. The van der Waals surface area contributed by atoms with Crippen molar-refractivity contribution < 1.29 is 9.90 Å². The first-order valence-electron chi connectivity index (χ1n) is 6.71. The van der Waals surface area contributed by atoms with Gasteiger partial charge in [0.1, 0.15) is 11.2 Å². The predicted molar refractivity (Wildman–Crippen MR) is 89.8 cm³/mol. The molecule has 0 aliphatic rings. The van der Waals surface area contributed by atoms with Crippen LogP contribution in [0.3, 0.4) is 0 Å². The number of hydrogen-bond acceptors (Lipinski definition) is 3. The van der Waals surface area contributed by atoms with Crippen LogP contribution in [-0.2, 0) is 11.3 Å². The standard InChI is InChI=1S/C16H11Cl2N3O2/c17-11-4-3-10(12(18)8-11)9-21-14-2-1-7-19-16(14)13(20-21)5-6-15(22)23/h1-8H,9H2,(H,22,23). The van der Waals surface area contributed by atoms with Crippen molar-refractivity contribution in [2.75, 3.05) is 0 Å². The van der Waals surface area contributed by atoms with Crippen LogP contribution < -0.4 is 0 Å². The van der Waals surface area contributed by atoms with Gasteiger partial charge in [-0.25, -0.2) is 4.79 Å². The Morgan fingerprint density at radius 1 is 1.30 bits per heavy atom. The second kappa shape index (κ2) is 6.40. The summed E-state index contributed by atoms with van der Waals surface area (Å²) in [5.74, 6) is -1.04. The molecule has 0 aliphatic heterocycles. The van der Waals surface area contributed by atoms with Gasteiger partial charge in [-0.05, 0) is 35.9 Å². The number of fused-ring (bicyclic) bond motifs is 1. The molecule has 0 amide bonds. The number of rotatable bonds is 4. The normalized spacial score (nSPS) is 11.4. The number of carboxylic acids is 1. The number of benzene rings is 1. The fourth-order valence-electron chi connectivity index (χ4n) is 2.23. The largest absolute Gasteiger partial charge is 0.478 e. The maximum absolute atomic E-state index is 10.7. The lowest BCUT2D eigenvalue weighted by Crippen LogP contribution is -2.02. The highest BCUT2D eigenvalue weighted by molar-refractivity contribution is 6.35. The van der Waals surface area contributed by atoms with Crippen LogP contribution in [0.15, 0.2) is 42.6 Å². The van der Waals surface area contributed by atoms with E-state index in [1.807, 2.05) is 12.1 Å². The van der Waals surface area contributed by atoms with Crippen molar-refractivity contribution >= 4 is 46.3 Å². The Bertz CT molecular complexity index is 919.